The van der Waals surface area contributed by atoms with Gasteiger partial charge in [-0.1, -0.05) is 72.0 Å². The van der Waals surface area contributed by atoms with Crippen molar-refractivity contribution in [3.63, 3.8) is 0 Å². The maximum Gasteiger partial charge on any atom is 0.150 e. The lowest BCUT2D eigenvalue weighted by Crippen LogP contribution is -1.99. The molecular formula is C46H28N8S. The first-order valence-corrected chi connectivity index (χ1v) is 18.8. The Bertz CT molecular complexity index is 3220. The Morgan fingerprint density at radius 1 is 0.418 bits per heavy atom. The number of pyridine rings is 4. The lowest BCUT2D eigenvalue weighted by atomic mass is 10.1. The quantitative estimate of drug-likeness (QED) is 0.170. The highest BCUT2D eigenvalue weighted by atomic mass is 32.1. The van der Waals surface area contributed by atoms with Crippen LogP contribution >= 0.6 is 11.3 Å². The molecule has 4 aromatic carbocycles. The molecule has 0 bridgehead atoms. The summed E-state index contributed by atoms with van der Waals surface area (Å²) in [5.41, 5.74) is 9.97. The van der Waals surface area contributed by atoms with Crippen molar-refractivity contribution in [1.82, 2.24) is 39.3 Å². The number of para-hydroxylation sites is 3. The minimum atomic E-state index is 0.826. The average Bonchev–Trinajstić information content (AvgIpc) is 3.98. The fourth-order valence-electron chi connectivity index (χ4n) is 7.68. The van der Waals surface area contributed by atoms with Gasteiger partial charge in [0, 0.05) is 68.6 Å². The van der Waals surface area contributed by atoms with E-state index in [-0.39, 0.29) is 0 Å². The summed E-state index contributed by atoms with van der Waals surface area (Å²) in [6.07, 6.45) is 7.25. The highest BCUT2D eigenvalue weighted by molar-refractivity contribution is 7.18. The number of hydrogen-bond donors (Lipinski definition) is 0. The van der Waals surface area contributed by atoms with Gasteiger partial charge in [-0.3, -0.25) is 19.1 Å². The lowest BCUT2D eigenvalue weighted by Gasteiger charge is -2.11. The summed E-state index contributed by atoms with van der Waals surface area (Å²) in [4.78, 5) is 18.9. The molecular weight excluding hydrogens is 697 g/mol. The van der Waals surface area contributed by atoms with Crippen molar-refractivity contribution >= 4 is 54.9 Å². The van der Waals surface area contributed by atoms with Crippen molar-refractivity contribution in [2.75, 3.05) is 0 Å². The van der Waals surface area contributed by atoms with Gasteiger partial charge in [-0.25, -0.2) is 9.97 Å². The lowest BCUT2D eigenvalue weighted by molar-refractivity contribution is 1.07. The molecule has 0 atom stereocenters. The number of fused-ring (bicyclic) bond motifs is 6. The van der Waals surface area contributed by atoms with Crippen LogP contribution in [0.4, 0.5) is 0 Å². The van der Waals surface area contributed by atoms with Gasteiger partial charge in [-0.05, 0) is 84.9 Å². The zero-order valence-corrected chi connectivity index (χ0v) is 30.0. The Morgan fingerprint density at radius 3 is 1.69 bits per heavy atom. The number of nitrogens with zero attached hydrogens (tertiary/aromatic N) is 8. The molecule has 0 radical (unpaired) electrons. The van der Waals surface area contributed by atoms with E-state index >= 15 is 0 Å². The van der Waals surface area contributed by atoms with Crippen LogP contribution in [0.3, 0.4) is 0 Å². The SMILES string of the molecule is c1cncc(-c2cccc(-n3c4ccccc4c4cc(-c5nnc(-c6cccc7c8ccccc8n(-c8cccc(-c9cccnc9)n8)c67)s5)ccc43)n2)c1. The van der Waals surface area contributed by atoms with Gasteiger partial charge in [0.2, 0.25) is 0 Å². The maximum atomic E-state index is 5.15. The van der Waals surface area contributed by atoms with Crippen LogP contribution in [-0.4, -0.2) is 39.3 Å². The first-order valence-electron chi connectivity index (χ1n) is 17.9. The van der Waals surface area contributed by atoms with Crippen LogP contribution in [0.1, 0.15) is 0 Å². The summed E-state index contributed by atoms with van der Waals surface area (Å²) >= 11 is 1.60. The zero-order valence-electron chi connectivity index (χ0n) is 29.2. The molecule has 8 nitrogen and oxygen atoms in total. The summed E-state index contributed by atoms with van der Waals surface area (Å²) in [6.45, 7) is 0. The van der Waals surface area contributed by atoms with E-state index in [9.17, 15) is 0 Å². The summed E-state index contributed by atoms with van der Waals surface area (Å²) in [6, 6.07) is 50.1. The molecule has 0 aliphatic rings. The van der Waals surface area contributed by atoms with E-state index in [0.717, 1.165) is 98.9 Å². The Kier molecular flexibility index (Phi) is 7.17. The third kappa shape index (κ3) is 5.13. The van der Waals surface area contributed by atoms with E-state index in [4.69, 9.17) is 20.2 Å². The fourth-order valence-corrected chi connectivity index (χ4v) is 8.54. The van der Waals surface area contributed by atoms with E-state index in [2.05, 4.69) is 128 Å². The summed E-state index contributed by atoms with van der Waals surface area (Å²) in [5, 5.41) is 15.9. The minimum absolute atomic E-state index is 0.826. The van der Waals surface area contributed by atoms with Crippen molar-refractivity contribution in [3.05, 3.63) is 170 Å². The number of hydrogen-bond acceptors (Lipinski definition) is 7. The molecule has 0 amide bonds. The van der Waals surface area contributed by atoms with Gasteiger partial charge in [-0.2, -0.15) is 0 Å². The molecule has 7 heterocycles. The van der Waals surface area contributed by atoms with Crippen LogP contribution in [-0.2, 0) is 0 Å². The molecule has 0 N–H and O–H groups in total. The predicted molar refractivity (Wildman–Crippen MR) is 222 cm³/mol. The molecule has 0 saturated carbocycles. The third-order valence-electron chi connectivity index (χ3n) is 10.1. The van der Waals surface area contributed by atoms with E-state index < -0.39 is 0 Å². The highest BCUT2D eigenvalue weighted by Gasteiger charge is 2.21. The monoisotopic (exact) mass is 724 g/mol. The number of benzene rings is 4. The second-order valence-electron chi connectivity index (χ2n) is 13.3. The van der Waals surface area contributed by atoms with Crippen LogP contribution < -0.4 is 0 Å². The topological polar surface area (TPSA) is 87.2 Å². The Hall–Kier alpha value is -7.36. The van der Waals surface area contributed by atoms with Gasteiger partial charge in [0.25, 0.3) is 0 Å². The standard InChI is InChI=1S/C46H28N8S/c1-4-19-40-32(12-1)34-14-5-15-35(44(34)54(40)43-21-7-17-38(50-43)31-11-9-25-48-28-31)46-52-51-45(55-46)29-22-23-41-36(26-29)33-13-2-3-18-39(33)53(41)42-20-6-16-37(49-42)30-10-8-24-47-27-30/h1-28H. The van der Waals surface area contributed by atoms with Crippen molar-refractivity contribution in [2.45, 2.75) is 0 Å². The molecule has 7 aromatic heterocycles. The normalized spacial score (nSPS) is 11.6. The Balaban J connectivity index is 1.04. The maximum absolute atomic E-state index is 5.15. The van der Waals surface area contributed by atoms with Gasteiger partial charge in [0.15, 0.2) is 0 Å². The van der Waals surface area contributed by atoms with Gasteiger partial charge in [-0.15, -0.1) is 10.2 Å². The van der Waals surface area contributed by atoms with Crippen LogP contribution in [0.25, 0.3) is 98.9 Å². The van der Waals surface area contributed by atoms with Gasteiger partial charge < -0.3 is 0 Å². The molecule has 0 spiro atoms. The summed E-state index contributed by atoms with van der Waals surface area (Å²) < 4.78 is 4.48. The van der Waals surface area contributed by atoms with E-state index in [0.29, 0.717) is 0 Å². The minimum Gasteiger partial charge on any atom is -0.294 e. The Morgan fingerprint density at radius 2 is 1.00 bits per heavy atom. The van der Waals surface area contributed by atoms with Crippen LogP contribution in [0, 0.1) is 0 Å². The fraction of sp³-hybridized carbons (Fsp3) is 0. The first-order chi connectivity index (χ1) is 27.3. The van der Waals surface area contributed by atoms with Crippen molar-refractivity contribution in [2.24, 2.45) is 0 Å². The first kappa shape index (κ1) is 31.2. The molecule has 9 heteroatoms. The highest BCUT2D eigenvalue weighted by Crippen LogP contribution is 2.41. The average molecular weight is 725 g/mol. The van der Waals surface area contributed by atoms with E-state index in [1.54, 1.807) is 23.7 Å². The van der Waals surface area contributed by atoms with Crippen molar-refractivity contribution in [1.29, 1.82) is 0 Å². The molecule has 0 aliphatic carbocycles. The molecule has 0 aliphatic heterocycles. The number of aromatic nitrogens is 8. The molecule has 0 unspecified atom stereocenters. The molecule has 11 rings (SSSR count). The summed E-state index contributed by atoms with van der Waals surface area (Å²) in [7, 11) is 0. The summed E-state index contributed by atoms with van der Waals surface area (Å²) in [5.74, 6) is 1.68. The van der Waals surface area contributed by atoms with Gasteiger partial charge in [0.05, 0.1) is 33.5 Å². The molecule has 55 heavy (non-hydrogen) atoms. The van der Waals surface area contributed by atoms with Gasteiger partial charge >= 0.3 is 0 Å². The van der Waals surface area contributed by atoms with Crippen LogP contribution in [0.2, 0.25) is 0 Å². The zero-order chi connectivity index (χ0) is 36.3. The van der Waals surface area contributed by atoms with Crippen molar-refractivity contribution < 1.29 is 0 Å². The Labute approximate surface area is 318 Å². The largest absolute Gasteiger partial charge is 0.294 e. The molecule has 258 valence electrons. The molecule has 0 saturated heterocycles. The third-order valence-corrected chi connectivity index (χ3v) is 11.1. The predicted octanol–water partition coefficient (Wildman–Crippen LogP) is 11.0. The van der Waals surface area contributed by atoms with Crippen molar-refractivity contribution in [3.8, 4) is 55.3 Å². The molecule has 11 aromatic rings. The number of rotatable bonds is 6. The second kappa shape index (κ2) is 12.6. The van der Waals surface area contributed by atoms with E-state index in [1.807, 2.05) is 48.8 Å². The molecule has 0 fully saturated rings. The van der Waals surface area contributed by atoms with Crippen LogP contribution in [0.15, 0.2) is 170 Å². The van der Waals surface area contributed by atoms with E-state index in [1.165, 1.54) is 0 Å². The van der Waals surface area contributed by atoms with Crippen LogP contribution in [0.5, 0.6) is 0 Å². The smallest absolute Gasteiger partial charge is 0.150 e. The second-order valence-corrected chi connectivity index (χ2v) is 14.3. The van der Waals surface area contributed by atoms with Gasteiger partial charge in [0.1, 0.15) is 21.7 Å².